The van der Waals surface area contributed by atoms with Crippen LogP contribution in [0, 0.1) is 0 Å². The van der Waals surface area contributed by atoms with E-state index in [0.717, 1.165) is 5.56 Å². The summed E-state index contributed by atoms with van der Waals surface area (Å²) in [6.45, 7) is 4.98. The van der Waals surface area contributed by atoms with E-state index in [9.17, 15) is 4.79 Å². The molecule has 2 rings (SSSR count). The third kappa shape index (κ3) is 3.13. The molecule has 0 bridgehead atoms. The van der Waals surface area contributed by atoms with Gasteiger partial charge in [0.05, 0.1) is 18.9 Å². The van der Waals surface area contributed by atoms with E-state index < -0.39 is 0 Å². The summed E-state index contributed by atoms with van der Waals surface area (Å²) in [5.41, 5.74) is 1.33. The summed E-state index contributed by atoms with van der Waals surface area (Å²) < 4.78 is 11.0. The zero-order valence-corrected chi connectivity index (χ0v) is 11.0. The maximum atomic E-state index is 11.0. The van der Waals surface area contributed by atoms with Crippen molar-refractivity contribution in [3.8, 4) is 22.8 Å². The van der Waals surface area contributed by atoms with Gasteiger partial charge in [-0.25, -0.2) is 5.10 Å². The second-order valence-electron chi connectivity index (χ2n) is 3.83. The Kier molecular flexibility index (Phi) is 4.18. The molecule has 0 aliphatic carbocycles. The van der Waals surface area contributed by atoms with Crippen molar-refractivity contribution in [1.82, 2.24) is 10.2 Å². The van der Waals surface area contributed by atoms with Crippen LogP contribution in [0.3, 0.4) is 0 Å². The summed E-state index contributed by atoms with van der Waals surface area (Å²) in [5, 5.41) is 6.40. The molecule has 19 heavy (non-hydrogen) atoms. The van der Waals surface area contributed by atoms with Crippen molar-refractivity contribution in [2.45, 2.75) is 13.8 Å². The average molecular weight is 260 g/mol. The van der Waals surface area contributed by atoms with Gasteiger partial charge in [-0.3, -0.25) is 4.79 Å². The minimum atomic E-state index is -0.222. The molecule has 0 saturated carbocycles. The Morgan fingerprint density at radius 2 is 1.79 bits per heavy atom. The number of aromatic amines is 1. The SMILES string of the molecule is CCOc1ccc(-c2ccc(=O)[nH]n2)cc1OCC. The zero-order chi connectivity index (χ0) is 13.7. The smallest absolute Gasteiger partial charge is 0.264 e. The first-order chi connectivity index (χ1) is 9.24. The quantitative estimate of drug-likeness (QED) is 0.895. The summed E-state index contributed by atoms with van der Waals surface area (Å²) in [5.74, 6) is 1.38. The van der Waals surface area contributed by atoms with Crippen molar-refractivity contribution >= 4 is 0 Å². The first kappa shape index (κ1) is 13.1. The Balaban J connectivity index is 2.39. The lowest BCUT2D eigenvalue weighted by molar-refractivity contribution is 0.288. The lowest BCUT2D eigenvalue weighted by Gasteiger charge is -2.12. The third-order valence-corrected chi connectivity index (χ3v) is 2.52. The number of rotatable bonds is 5. The summed E-state index contributed by atoms with van der Waals surface area (Å²) >= 11 is 0. The molecular formula is C14H16N2O3. The maximum absolute atomic E-state index is 11.0. The molecule has 1 aromatic heterocycles. The van der Waals surface area contributed by atoms with Crippen molar-refractivity contribution < 1.29 is 9.47 Å². The monoisotopic (exact) mass is 260 g/mol. The predicted octanol–water partition coefficient (Wildman–Crippen LogP) is 2.23. The molecule has 0 radical (unpaired) electrons. The van der Waals surface area contributed by atoms with Crippen molar-refractivity contribution in [1.29, 1.82) is 0 Å². The molecule has 0 aliphatic heterocycles. The van der Waals surface area contributed by atoms with Crippen LogP contribution < -0.4 is 15.0 Å². The molecule has 0 amide bonds. The summed E-state index contributed by atoms with van der Waals surface area (Å²) in [6, 6.07) is 8.70. The van der Waals surface area contributed by atoms with Crippen molar-refractivity contribution in [2.24, 2.45) is 0 Å². The van der Waals surface area contributed by atoms with Crippen LogP contribution in [0.2, 0.25) is 0 Å². The van der Waals surface area contributed by atoms with E-state index >= 15 is 0 Å². The molecule has 0 fully saturated rings. The average Bonchev–Trinajstić information content (AvgIpc) is 2.42. The fourth-order valence-corrected chi connectivity index (χ4v) is 1.72. The first-order valence-electron chi connectivity index (χ1n) is 6.20. The fraction of sp³-hybridized carbons (Fsp3) is 0.286. The fourth-order valence-electron chi connectivity index (χ4n) is 1.72. The van der Waals surface area contributed by atoms with Gasteiger partial charge in [0.25, 0.3) is 5.56 Å². The largest absolute Gasteiger partial charge is 0.490 e. The van der Waals surface area contributed by atoms with E-state index in [0.29, 0.717) is 30.4 Å². The topological polar surface area (TPSA) is 64.2 Å². The molecule has 0 atom stereocenters. The van der Waals surface area contributed by atoms with E-state index in [4.69, 9.17) is 9.47 Å². The molecule has 0 saturated heterocycles. The molecule has 1 heterocycles. The van der Waals surface area contributed by atoms with Crippen LogP contribution in [0.15, 0.2) is 35.1 Å². The Morgan fingerprint density at radius 3 is 2.42 bits per heavy atom. The number of ether oxygens (including phenoxy) is 2. The van der Waals surface area contributed by atoms with E-state index in [1.807, 2.05) is 32.0 Å². The molecule has 100 valence electrons. The van der Waals surface area contributed by atoms with Gasteiger partial charge in [-0.15, -0.1) is 0 Å². The number of aromatic nitrogens is 2. The van der Waals surface area contributed by atoms with Crippen LogP contribution in [0.5, 0.6) is 11.5 Å². The highest BCUT2D eigenvalue weighted by Crippen LogP contribution is 2.31. The summed E-state index contributed by atoms with van der Waals surface area (Å²) in [4.78, 5) is 11.0. The Hall–Kier alpha value is -2.30. The number of hydrogen-bond donors (Lipinski definition) is 1. The number of H-pyrrole nitrogens is 1. The van der Waals surface area contributed by atoms with Gasteiger partial charge in [0.1, 0.15) is 0 Å². The molecule has 5 nitrogen and oxygen atoms in total. The van der Waals surface area contributed by atoms with Gasteiger partial charge < -0.3 is 9.47 Å². The first-order valence-corrected chi connectivity index (χ1v) is 6.20. The Morgan fingerprint density at radius 1 is 1.05 bits per heavy atom. The zero-order valence-electron chi connectivity index (χ0n) is 11.0. The van der Waals surface area contributed by atoms with Crippen LogP contribution in [0.25, 0.3) is 11.3 Å². The lowest BCUT2D eigenvalue weighted by Crippen LogP contribution is -2.05. The Labute approximate surface area is 111 Å². The van der Waals surface area contributed by atoms with Gasteiger partial charge in [-0.1, -0.05) is 0 Å². The van der Waals surface area contributed by atoms with Crippen LogP contribution in [-0.4, -0.2) is 23.4 Å². The summed E-state index contributed by atoms with van der Waals surface area (Å²) in [6.07, 6.45) is 0. The second-order valence-corrected chi connectivity index (χ2v) is 3.83. The lowest BCUT2D eigenvalue weighted by atomic mass is 10.1. The highest BCUT2D eigenvalue weighted by Gasteiger charge is 2.08. The highest BCUT2D eigenvalue weighted by atomic mass is 16.5. The standard InChI is InChI=1S/C14H16N2O3/c1-3-18-12-7-5-10(9-13(12)19-4-2)11-6-8-14(17)16-15-11/h5-9H,3-4H2,1-2H3,(H,16,17). The highest BCUT2D eigenvalue weighted by molar-refractivity contribution is 5.63. The Bertz CT molecular complexity index is 587. The van der Waals surface area contributed by atoms with Gasteiger partial charge in [0.2, 0.25) is 0 Å². The van der Waals surface area contributed by atoms with Crippen molar-refractivity contribution in [2.75, 3.05) is 13.2 Å². The van der Waals surface area contributed by atoms with Gasteiger partial charge in [-0.05, 0) is 38.1 Å². The molecule has 2 aromatic rings. The van der Waals surface area contributed by atoms with Crippen LogP contribution in [0.4, 0.5) is 0 Å². The van der Waals surface area contributed by atoms with E-state index in [1.165, 1.54) is 6.07 Å². The minimum Gasteiger partial charge on any atom is -0.490 e. The minimum absolute atomic E-state index is 0.222. The van der Waals surface area contributed by atoms with Gasteiger partial charge in [0.15, 0.2) is 11.5 Å². The molecule has 1 aromatic carbocycles. The number of hydrogen-bond acceptors (Lipinski definition) is 4. The van der Waals surface area contributed by atoms with Gasteiger partial charge >= 0.3 is 0 Å². The molecule has 0 spiro atoms. The van der Waals surface area contributed by atoms with Crippen molar-refractivity contribution in [3.63, 3.8) is 0 Å². The van der Waals surface area contributed by atoms with Crippen LogP contribution in [-0.2, 0) is 0 Å². The van der Waals surface area contributed by atoms with Gasteiger partial charge in [0, 0.05) is 11.6 Å². The molecule has 0 aliphatic rings. The second kappa shape index (κ2) is 6.04. The molecule has 5 heteroatoms. The predicted molar refractivity (Wildman–Crippen MR) is 72.6 cm³/mol. The van der Waals surface area contributed by atoms with E-state index in [-0.39, 0.29) is 5.56 Å². The van der Waals surface area contributed by atoms with Crippen LogP contribution >= 0.6 is 0 Å². The summed E-state index contributed by atoms with van der Waals surface area (Å²) in [7, 11) is 0. The molecule has 0 unspecified atom stereocenters. The number of nitrogens with zero attached hydrogens (tertiary/aromatic N) is 1. The van der Waals surface area contributed by atoms with E-state index in [1.54, 1.807) is 6.07 Å². The van der Waals surface area contributed by atoms with Crippen molar-refractivity contribution in [3.05, 3.63) is 40.7 Å². The van der Waals surface area contributed by atoms with Gasteiger partial charge in [-0.2, -0.15) is 5.10 Å². The normalized spacial score (nSPS) is 10.2. The third-order valence-electron chi connectivity index (χ3n) is 2.52. The molecule has 1 N–H and O–H groups in total. The maximum Gasteiger partial charge on any atom is 0.264 e. The molecular weight excluding hydrogens is 244 g/mol. The number of nitrogens with one attached hydrogen (secondary N) is 1. The van der Waals surface area contributed by atoms with Crippen LogP contribution in [0.1, 0.15) is 13.8 Å². The number of benzene rings is 1. The van der Waals surface area contributed by atoms with E-state index in [2.05, 4.69) is 10.2 Å².